The number of imide groups is 1. The third-order valence-electron chi connectivity index (χ3n) is 7.84. The molecule has 3 fully saturated rings. The topological polar surface area (TPSA) is 87.7 Å². The summed E-state index contributed by atoms with van der Waals surface area (Å²) in [5.41, 5.74) is 1.92. The largest absolute Gasteiger partial charge is 0.490 e. The van der Waals surface area contributed by atoms with Gasteiger partial charge in [0.25, 0.3) is 5.91 Å². The van der Waals surface area contributed by atoms with E-state index in [-0.39, 0.29) is 30.2 Å². The van der Waals surface area contributed by atoms with Gasteiger partial charge in [0.1, 0.15) is 11.8 Å². The summed E-state index contributed by atoms with van der Waals surface area (Å²) in [7, 11) is 0. The van der Waals surface area contributed by atoms with Crippen LogP contribution in [-0.4, -0.2) is 47.9 Å². The Labute approximate surface area is 225 Å². The number of benzene rings is 2. The lowest BCUT2D eigenvalue weighted by molar-refractivity contribution is -0.138. The number of carbonyl (C=O) groups excluding carboxylic acids is 3. The Morgan fingerprint density at radius 2 is 1.62 bits per heavy atom. The molecule has 0 aromatic heterocycles. The molecule has 3 amide bonds. The molecule has 1 atom stereocenters. The van der Waals surface area contributed by atoms with E-state index in [1.54, 1.807) is 23.1 Å². The first kappa shape index (κ1) is 27.2. The van der Waals surface area contributed by atoms with Crippen LogP contribution in [0.2, 0.25) is 0 Å². The molecule has 2 aromatic carbocycles. The van der Waals surface area contributed by atoms with Crippen molar-refractivity contribution >= 4 is 17.7 Å². The van der Waals surface area contributed by atoms with Gasteiger partial charge in [0.2, 0.25) is 11.8 Å². The van der Waals surface area contributed by atoms with E-state index >= 15 is 0 Å². The normalized spacial score (nSPS) is 22.0. The number of fused-ring (bicyclic) bond motifs is 1. The summed E-state index contributed by atoms with van der Waals surface area (Å²) < 4.78 is 42.7. The Hall–Kier alpha value is -3.40. The summed E-state index contributed by atoms with van der Waals surface area (Å²) in [4.78, 5) is 37.6. The predicted molar refractivity (Wildman–Crippen MR) is 137 cm³/mol. The van der Waals surface area contributed by atoms with Crippen LogP contribution in [0.3, 0.4) is 0 Å². The van der Waals surface area contributed by atoms with E-state index in [0.717, 1.165) is 54.9 Å². The highest BCUT2D eigenvalue weighted by Gasteiger charge is 2.39. The minimum Gasteiger partial charge on any atom is -0.490 e. The van der Waals surface area contributed by atoms with E-state index in [4.69, 9.17) is 4.74 Å². The molecule has 2 N–H and O–H groups in total. The second-order valence-corrected chi connectivity index (χ2v) is 10.6. The Morgan fingerprint density at radius 3 is 2.23 bits per heavy atom. The zero-order valence-electron chi connectivity index (χ0n) is 21.6. The van der Waals surface area contributed by atoms with Crippen molar-refractivity contribution in [3.8, 4) is 5.75 Å². The van der Waals surface area contributed by atoms with Crippen LogP contribution in [0.15, 0.2) is 42.5 Å². The number of amides is 3. The zero-order chi connectivity index (χ0) is 27.6. The summed E-state index contributed by atoms with van der Waals surface area (Å²) in [5.74, 6) is 0.388. The molecular formula is C29H32F3N3O4. The standard InChI is InChI=1S/C19H22N2O4.C10H10F3N/c22-17-9-8-16(18(23)20-17)21-11-12-10-14(6-7-15(12)19(21)24)25-13-4-2-1-3-5-13;11-10(12,13)9-3-1-7(2-4-9)8-5-14-6-8/h6-7,10,13,16H,1-5,8-9,11H2,(H,20,22,23);1-4,8,14H,5-6H2. The average molecular weight is 544 g/mol. The molecule has 3 aliphatic heterocycles. The molecule has 0 radical (unpaired) electrons. The van der Waals surface area contributed by atoms with Gasteiger partial charge in [0.15, 0.2) is 0 Å². The summed E-state index contributed by atoms with van der Waals surface area (Å²) >= 11 is 0. The van der Waals surface area contributed by atoms with Gasteiger partial charge in [-0.2, -0.15) is 13.2 Å². The summed E-state index contributed by atoms with van der Waals surface area (Å²) in [6.07, 6.45) is 2.54. The van der Waals surface area contributed by atoms with E-state index in [9.17, 15) is 27.6 Å². The summed E-state index contributed by atoms with van der Waals surface area (Å²) in [6, 6.07) is 10.4. The van der Waals surface area contributed by atoms with E-state index in [0.29, 0.717) is 24.4 Å². The molecule has 4 aliphatic rings. The van der Waals surface area contributed by atoms with Crippen LogP contribution in [0.5, 0.6) is 5.75 Å². The van der Waals surface area contributed by atoms with Crippen LogP contribution in [0.25, 0.3) is 0 Å². The van der Waals surface area contributed by atoms with Crippen molar-refractivity contribution < 1.29 is 32.3 Å². The number of nitrogens with zero attached hydrogens (tertiary/aromatic N) is 1. The molecule has 2 saturated heterocycles. The molecule has 7 nitrogen and oxygen atoms in total. The first-order valence-electron chi connectivity index (χ1n) is 13.5. The van der Waals surface area contributed by atoms with E-state index < -0.39 is 17.8 Å². The van der Waals surface area contributed by atoms with Crippen LogP contribution in [-0.2, 0) is 22.3 Å². The molecule has 3 heterocycles. The average Bonchev–Trinajstić information content (AvgIpc) is 3.19. The highest BCUT2D eigenvalue weighted by atomic mass is 19.4. The van der Waals surface area contributed by atoms with Crippen LogP contribution in [0.1, 0.15) is 77.9 Å². The molecule has 0 bridgehead atoms. The SMILES string of the molecule is FC(F)(F)c1ccc(C2CNC2)cc1.O=C1CCC(N2Cc3cc(OC4CCCCC4)ccc3C2=O)C(=O)N1. The molecule has 6 rings (SSSR count). The van der Waals surface area contributed by atoms with Gasteiger partial charge in [-0.25, -0.2) is 0 Å². The van der Waals surface area contributed by atoms with Gasteiger partial charge < -0.3 is 15.0 Å². The molecule has 1 unspecified atom stereocenters. The third kappa shape index (κ3) is 6.27. The number of rotatable bonds is 4. The number of halogens is 3. The van der Waals surface area contributed by atoms with E-state index in [1.807, 2.05) is 12.1 Å². The number of hydrogen-bond acceptors (Lipinski definition) is 5. The fourth-order valence-corrected chi connectivity index (χ4v) is 5.47. The number of carbonyl (C=O) groups is 3. The van der Waals surface area contributed by atoms with Crippen LogP contribution >= 0.6 is 0 Å². The highest BCUT2D eigenvalue weighted by Crippen LogP contribution is 2.32. The van der Waals surface area contributed by atoms with Crippen molar-refractivity contribution in [1.82, 2.24) is 15.5 Å². The predicted octanol–water partition coefficient (Wildman–Crippen LogP) is 4.55. The number of hydrogen-bond donors (Lipinski definition) is 2. The smallest absolute Gasteiger partial charge is 0.416 e. The highest BCUT2D eigenvalue weighted by molar-refractivity contribution is 6.05. The molecular weight excluding hydrogens is 511 g/mol. The lowest BCUT2D eigenvalue weighted by atomic mass is 9.93. The van der Waals surface area contributed by atoms with Gasteiger partial charge in [0, 0.05) is 37.5 Å². The maximum atomic E-state index is 12.6. The fraction of sp³-hybridized carbons (Fsp3) is 0.483. The number of piperidine rings is 1. The van der Waals surface area contributed by atoms with Gasteiger partial charge in [-0.05, 0) is 73.6 Å². The Morgan fingerprint density at radius 1 is 0.897 bits per heavy atom. The minimum absolute atomic E-state index is 0.145. The molecule has 1 aliphatic carbocycles. The number of nitrogens with one attached hydrogen (secondary N) is 2. The minimum atomic E-state index is -4.23. The first-order valence-corrected chi connectivity index (χ1v) is 13.5. The van der Waals surface area contributed by atoms with Crippen molar-refractivity contribution in [2.75, 3.05) is 13.1 Å². The summed E-state index contributed by atoms with van der Waals surface area (Å²) in [5, 5.41) is 5.41. The third-order valence-corrected chi connectivity index (χ3v) is 7.84. The maximum absolute atomic E-state index is 12.6. The lowest BCUT2D eigenvalue weighted by Gasteiger charge is -2.29. The second-order valence-electron chi connectivity index (χ2n) is 10.6. The molecule has 10 heteroatoms. The van der Waals surface area contributed by atoms with Crippen molar-refractivity contribution in [2.45, 2.75) is 75.7 Å². The van der Waals surface area contributed by atoms with Gasteiger partial charge >= 0.3 is 6.18 Å². The van der Waals surface area contributed by atoms with Gasteiger partial charge in [0.05, 0.1) is 11.7 Å². The quantitative estimate of drug-likeness (QED) is 0.553. The molecule has 208 valence electrons. The van der Waals surface area contributed by atoms with Crippen LogP contribution in [0.4, 0.5) is 13.2 Å². The van der Waals surface area contributed by atoms with E-state index in [1.165, 1.54) is 19.3 Å². The Bertz CT molecular complexity index is 1220. The fourth-order valence-electron chi connectivity index (χ4n) is 5.47. The Kier molecular flexibility index (Phi) is 7.93. The van der Waals surface area contributed by atoms with Crippen LogP contribution in [0, 0.1) is 0 Å². The Balaban J connectivity index is 0.000000186. The summed E-state index contributed by atoms with van der Waals surface area (Å²) in [6.45, 7) is 2.12. The number of ether oxygens (including phenoxy) is 1. The molecule has 0 spiro atoms. The van der Waals surface area contributed by atoms with Crippen molar-refractivity contribution in [2.24, 2.45) is 0 Å². The van der Waals surface area contributed by atoms with Gasteiger partial charge in [-0.1, -0.05) is 18.6 Å². The zero-order valence-corrected chi connectivity index (χ0v) is 21.6. The first-order chi connectivity index (χ1) is 18.7. The van der Waals surface area contributed by atoms with E-state index in [2.05, 4.69) is 10.6 Å². The van der Waals surface area contributed by atoms with Gasteiger partial charge in [-0.3, -0.25) is 19.7 Å². The van der Waals surface area contributed by atoms with Crippen LogP contribution < -0.4 is 15.4 Å². The van der Waals surface area contributed by atoms with Crippen molar-refractivity contribution in [3.63, 3.8) is 0 Å². The van der Waals surface area contributed by atoms with Crippen molar-refractivity contribution in [1.29, 1.82) is 0 Å². The lowest BCUT2D eigenvalue weighted by Crippen LogP contribution is -2.52. The van der Waals surface area contributed by atoms with Crippen molar-refractivity contribution in [3.05, 3.63) is 64.7 Å². The monoisotopic (exact) mass is 543 g/mol. The van der Waals surface area contributed by atoms with Gasteiger partial charge in [-0.15, -0.1) is 0 Å². The maximum Gasteiger partial charge on any atom is 0.416 e. The molecule has 1 saturated carbocycles. The second kappa shape index (κ2) is 11.4. The molecule has 39 heavy (non-hydrogen) atoms. The number of alkyl halides is 3. The molecule has 2 aromatic rings.